The summed E-state index contributed by atoms with van der Waals surface area (Å²) >= 11 is 0. The van der Waals surface area contributed by atoms with Crippen molar-refractivity contribution in [3.05, 3.63) is 12.4 Å². The SMILES string of the molecule is C#CC1(COPO)CCC(n2cnc3c(N)nc(F)nc32)O1. The average Bonchev–Trinajstić information content (AvgIpc) is 3.09. The third kappa shape index (κ3) is 2.51. The molecule has 1 aliphatic heterocycles. The second-order valence-electron chi connectivity index (χ2n) is 4.83. The number of terminal acetylenes is 1. The van der Waals surface area contributed by atoms with Gasteiger partial charge in [-0.05, 0) is 12.8 Å². The lowest BCUT2D eigenvalue weighted by molar-refractivity contribution is -0.0556. The Labute approximate surface area is 126 Å². The van der Waals surface area contributed by atoms with E-state index in [0.29, 0.717) is 18.4 Å². The van der Waals surface area contributed by atoms with Gasteiger partial charge in [-0.3, -0.25) is 4.57 Å². The van der Waals surface area contributed by atoms with Crippen molar-refractivity contribution in [2.45, 2.75) is 24.7 Å². The lowest BCUT2D eigenvalue weighted by Gasteiger charge is -2.23. The highest BCUT2D eigenvalue weighted by Crippen LogP contribution is 2.38. The first-order valence-electron chi connectivity index (χ1n) is 6.40. The predicted octanol–water partition coefficient (Wildman–Crippen LogP) is 0.746. The Hall–Kier alpha value is -1.85. The molecular formula is C12H13FN5O3P. The highest BCUT2D eigenvalue weighted by Gasteiger charge is 2.40. The minimum absolute atomic E-state index is 0.0349. The number of nitrogens with zero attached hydrogens (tertiary/aromatic N) is 4. The summed E-state index contributed by atoms with van der Waals surface area (Å²) in [4.78, 5) is 20.0. The Kier molecular flexibility index (Phi) is 3.93. The van der Waals surface area contributed by atoms with Gasteiger partial charge in [0.25, 0.3) is 0 Å². The van der Waals surface area contributed by atoms with E-state index >= 15 is 0 Å². The fraction of sp³-hybridized carbons (Fsp3) is 0.417. The number of aromatic nitrogens is 4. The smallest absolute Gasteiger partial charge is 0.312 e. The maximum Gasteiger partial charge on any atom is 0.312 e. The molecule has 0 radical (unpaired) electrons. The average molecular weight is 325 g/mol. The van der Waals surface area contributed by atoms with Crippen molar-refractivity contribution in [2.24, 2.45) is 0 Å². The first kappa shape index (κ1) is 15.1. The van der Waals surface area contributed by atoms with E-state index in [1.165, 1.54) is 6.33 Å². The number of hydrogen-bond acceptors (Lipinski definition) is 7. The molecule has 8 nitrogen and oxygen atoms in total. The van der Waals surface area contributed by atoms with Gasteiger partial charge in [-0.2, -0.15) is 14.4 Å². The molecule has 3 atom stereocenters. The third-order valence-corrected chi connectivity index (χ3v) is 3.79. The molecule has 0 amide bonds. The first-order valence-corrected chi connectivity index (χ1v) is 7.26. The van der Waals surface area contributed by atoms with Crippen LogP contribution in [0.3, 0.4) is 0 Å². The van der Waals surface area contributed by atoms with Crippen molar-refractivity contribution in [3.8, 4) is 12.3 Å². The fourth-order valence-corrected chi connectivity index (χ4v) is 2.75. The highest BCUT2D eigenvalue weighted by atomic mass is 31.1. The van der Waals surface area contributed by atoms with E-state index in [1.54, 1.807) is 4.57 Å². The van der Waals surface area contributed by atoms with E-state index in [9.17, 15) is 4.39 Å². The topological polar surface area (TPSA) is 108 Å². The monoisotopic (exact) mass is 325 g/mol. The Morgan fingerprint density at radius 1 is 1.68 bits per heavy atom. The first-order chi connectivity index (χ1) is 10.6. The van der Waals surface area contributed by atoms with E-state index in [2.05, 4.69) is 20.9 Å². The quantitative estimate of drug-likeness (QED) is 0.485. The van der Waals surface area contributed by atoms with Gasteiger partial charge < -0.3 is 19.9 Å². The molecule has 10 heteroatoms. The van der Waals surface area contributed by atoms with Gasteiger partial charge in [0, 0.05) is 0 Å². The number of nitrogens with two attached hydrogens (primary N) is 1. The zero-order chi connectivity index (χ0) is 15.7. The molecule has 1 aliphatic rings. The lowest BCUT2D eigenvalue weighted by atomic mass is 10.0. The molecule has 3 unspecified atom stereocenters. The zero-order valence-electron chi connectivity index (χ0n) is 11.4. The van der Waals surface area contributed by atoms with E-state index in [0.717, 1.165) is 0 Å². The second kappa shape index (κ2) is 5.74. The molecule has 0 aromatic carbocycles. The fourth-order valence-electron chi connectivity index (χ4n) is 2.46. The number of halogens is 1. The minimum atomic E-state index is -0.936. The van der Waals surface area contributed by atoms with Gasteiger partial charge in [0.15, 0.2) is 31.6 Å². The molecular weight excluding hydrogens is 312 g/mol. The largest absolute Gasteiger partial charge is 0.382 e. The minimum Gasteiger partial charge on any atom is -0.382 e. The summed E-state index contributed by atoms with van der Waals surface area (Å²) < 4.78 is 25.8. The number of hydrogen-bond donors (Lipinski definition) is 2. The van der Waals surface area contributed by atoms with Crippen LogP contribution in [0.2, 0.25) is 0 Å². The van der Waals surface area contributed by atoms with E-state index in [-0.39, 0.29) is 18.1 Å². The lowest BCUT2D eigenvalue weighted by Crippen LogP contribution is -2.31. The van der Waals surface area contributed by atoms with Crippen molar-refractivity contribution in [3.63, 3.8) is 0 Å². The zero-order valence-corrected chi connectivity index (χ0v) is 12.4. The molecule has 1 fully saturated rings. The normalized spacial score (nSPS) is 25.2. The van der Waals surface area contributed by atoms with E-state index in [4.69, 9.17) is 26.3 Å². The maximum absolute atomic E-state index is 13.4. The summed E-state index contributed by atoms with van der Waals surface area (Å²) in [6, 6.07) is 0. The van der Waals surface area contributed by atoms with Crippen LogP contribution >= 0.6 is 9.03 Å². The summed E-state index contributed by atoms with van der Waals surface area (Å²) in [6.07, 6.45) is 6.67. The summed E-state index contributed by atoms with van der Waals surface area (Å²) in [5.74, 6) is 2.52. The van der Waals surface area contributed by atoms with Crippen LogP contribution in [-0.2, 0) is 9.26 Å². The van der Waals surface area contributed by atoms with Gasteiger partial charge in [-0.1, -0.05) is 5.92 Å². The number of anilines is 1. The summed E-state index contributed by atoms with van der Waals surface area (Å²) in [5.41, 5.74) is 5.24. The Bertz CT molecular complexity index is 748. The van der Waals surface area contributed by atoms with Crippen LogP contribution in [-0.4, -0.2) is 36.6 Å². The molecule has 0 aliphatic carbocycles. The van der Waals surface area contributed by atoms with Gasteiger partial charge >= 0.3 is 6.08 Å². The van der Waals surface area contributed by atoms with Crippen LogP contribution in [0.1, 0.15) is 19.1 Å². The van der Waals surface area contributed by atoms with Gasteiger partial charge in [0.05, 0.1) is 12.9 Å². The second-order valence-corrected chi connectivity index (χ2v) is 5.30. The molecule has 0 saturated carbocycles. The van der Waals surface area contributed by atoms with E-state index in [1.807, 2.05) is 0 Å². The van der Waals surface area contributed by atoms with Crippen LogP contribution in [0.25, 0.3) is 11.2 Å². The molecule has 3 N–H and O–H groups in total. The van der Waals surface area contributed by atoms with Crippen molar-refractivity contribution < 1.29 is 18.5 Å². The van der Waals surface area contributed by atoms with Gasteiger partial charge in [-0.15, -0.1) is 6.42 Å². The number of nitrogen functional groups attached to an aromatic ring is 1. The van der Waals surface area contributed by atoms with Crippen molar-refractivity contribution in [1.82, 2.24) is 19.5 Å². The number of fused-ring (bicyclic) bond motifs is 1. The van der Waals surface area contributed by atoms with Crippen LogP contribution in [0.4, 0.5) is 10.2 Å². The third-order valence-electron chi connectivity index (χ3n) is 3.52. The molecule has 3 heterocycles. The van der Waals surface area contributed by atoms with Crippen LogP contribution < -0.4 is 5.73 Å². The molecule has 1 saturated heterocycles. The predicted molar refractivity (Wildman–Crippen MR) is 77.1 cm³/mol. The number of imidazole rings is 1. The Morgan fingerprint density at radius 2 is 2.50 bits per heavy atom. The summed E-state index contributed by atoms with van der Waals surface area (Å²) in [6.45, 7) is 0.0764. The number of rotatable bonds is 4. The van der Waals surface area contributed by atoms with Crippen molar-refractivity contribution in [2.75, 3.05) is 12.3 Å². The van der Waals surface area contributed by atoms with Gasteiger partial charge in [0.1, 0.15) is 6.23 Å². The molecule has 0 bridgehead atoms. The highest BCUT2D eigenvalue weighted by molar-refractivity contribution is 7.24. The van der Waals surface area contributed by atoms with Crippen LogP contribution in [0, 0.1) is 18.4 Å². The summed E-state index contributed by atoms with van der Waals surface area (Å²) in [5, 5.41) is 0. The number of ether oxygens (including phenoxy) is 1. The maximum atomic E-state index is 13.4. The molecule has 3 rings (SSSR count). The molecule has 0 spiro atoms. The summed E-state index contributed by atoms with van der Waals surface area (Å²) in [7, 11) is -0.667. The molecule has 116 valence electrons. The molecule has 2 aromatic heterocycles. The van der Waals surface area contributed by atoms with Crippen LogP contribution in [0.5, 0.6) is 0 Å². The van der Waals surface area contributed by atoms with Gasteiger partial charge in [0.2, 0.25) is 0 Å². The van der Waals surface area contributed by atoms with Crippen LogP contribution in [0.15, 0.2) is 6.33 Å². The van der Waals surface area contributed by atoms with Crippen molar-refractivity contribution >= 4 is 26.0 Å². The Morgan fingerprint density at radius 3 is 3.23 bits per heavy atom. The Balaban J connectivity index is 1.92. The standard InChI is InChI=1S/C12H13FN5O3P/c1-2-12(5-20-22-19)4-3-7(21-12)18-6-15-8-9(14)16-11(13)17-10(8)18/h1,6-7,19,22H,3-5H2,(H2,14,16,17). The molecule has 22 heavy (non-hydrogen) atoms. The van der Waals surface area contributed by atoms with Gasteiger partial charge in [-0.25, -0.2) is 4.98 Å². The molecule has 2 aromatic rings. The van der Waals surface area contributed by atoms with E-state index < -0.39 is 26.9 Å². The van der Waals surface area contributed by atoms with Crippen molar-refractivity contribution in [1.29, 1.82) is 0 Å².